The average Bonchev–Trinajstić information content (AvgIpc) is 2.68. The third-order valence-electron chi connectivity index (χ3n) is 4.42. The van der Waals surface area contributed by atoms with Gasteiger partial charge in [0, 0.05) is 37.3 Å². The van der Waals surface area contributed by atoms with Gasteiger partial charge in [0.15, 0.2) is 5.82 Å². The van der Waals surface area contributed by atoms with Gasteiger partial charge in [-0.25, -0.2) is 9.97 Å². The van der Waals surface area contributed by atoms with Crippen LogP contribution in [0.4, 0.5) is 5.82 Å². The molecule has 2 aliphatic heterocycles. The van der Waals surface area contributed by atoms with Crippen molar-refractivity contribution in [2.75, 3.05) is 38.1 Å². The summed E-state index contributed by atoms with van der Waals surface area (Å²) in [5.74, 6) is 1.15. The number of rotatable bonds is 4. The fourth-order valence-corrected chi connectivity index (χ4v) is 3.12. The van der Waals surface area contributed by atoms with Crippen LogP contribution in [-0.2, 0) is 11.2 Å². The van der Waals surface area contributed by atoms with Gasteiger partial charge in [0.05, 0.1) is 12.7 Å². The molecule has 1 unspecified atom stereocenters. The molecule has 3 N–H and O–H groups in total. The fraction of sp³-hybridized carbons (Fsp3) is 0.389. The molecule has 0 bridgehead atoms. The van der Waals surface area contributed by atoms with E-state index in [1.807, 2.05) is 30.3 Å². The molecule has 4 rings (SSSR count). The number of nitrogens with one attached hydrogen (secondary N) is 3. The zero-order chi connectivity index (χ0) is 17.1. The Bertz CT molecular complexity index is 760. The van der Waals surface area contributed by atoms with Crippen LogP contribution in [0.5, 0.6) is 0 Å². The number of aromatic nitrogens is 2. The average molecular weight is 339 g/mol. The van der Waals surface area contributed by atoms with Crippen LogP contribution in [0.2, 0.25) is 0 Å². The summed E-state index contributed by atoms with van der Waals surface area (Å²) in [4.78, 5) is 21.5. The van der Waals surface area contributed by atoms with Crippen LogP contribution in [0.3, 0.4) is 0 Å². The minimum absolute atomic E-state index is 0.0944. The quantitative estimate of drug-likeness (QED) is 0.765. The van der Waals surface area contributed by atoms with Crippen molar-refractivity contribution in [3.8, 4) is 11.4 Å². The van der Waals surface area contributed by atoms with Gasteiger partial charge in [-0.3, -0.25) is 4.79 Å². The van der Waals surface area contributed by atoms with Gasteiger partial charge < -0.3 is 20.7 Å². The van der Waals surface area contributed by atoms with E-state index in [2.05, 4.69) is 20.9 Å². The maximum atomic E-state index is 12.3. The topological polar surface area (TPSA) is 88.2 Å². The zero-order valence-corrected chi connectivity index (χ0v) is 13.9. The lowest BCUT2D eigenvalue weighted by molar-refractivity contribution is 0.0372. The highest BCUT2D eigenvalue weighted by molar-refractivity contribution is 5.96. The molecule has 3 heterocycles. The Hall–Kier alpha value is -2.51. The van der Waals surface area contributed by atoms with Crippen molar-refractivity contribution >= 4 is 11.7 Å². The van der Waals surface area contributed by atoms with E-state index < -0.39 is 0 Å². The maximum absolute atomic E-state index is 12.3. The van der Waals surface area contributed by atoms with Crippen LogP contribution in [0.15, 0.2) is 30.3 Å². The van der Waals surface area contributed by atoms with E-state index in [9.17, 15) is 4.79 Å². The van der Waals surface area contributed by atoms with Crippen molar-refractivity contribution in [2.45, 2.75) is 12.5 Å². The molecule has 2 aromatic rings. The van der Waals surface area contributed by atoms with E-state index in [0.717, 1.165) is 36.5 Å². The molecule has 1 aromatic heterocycles. The normalized spacial score (nSPS) is 19.8. The van der Waals surface area contributed by atoms with Gasteiger partial charge in [-0.1, -0.05) is 30.3 Å². The summed E-state index contributed by atoms with van der Waals surface area (Å²) in [5, 5.41) is 9.55. The smallest absolute Gasteiger partial charge is 0.270 e. The van der Waals surface area contributed by atoms with Crippen LogP contribution in [0, 0.1) is 0 Å². The van der Waals surface area contributed by atoms with Crippen molar-refractivity contribution < 1.29 is 9.53 Å². The molecular formula is C18H21N5O2. The predicted molar refractivity (Wildman–Crippen MR) is 94.6 cm³/mol. The highest BCUT2D eigenvalue weighted by Crippen LogP contribution is 2.25. The number of ether oxygens (including phenoxy) is 1. The second-order valence-electron chi connectivity index (χ2n) is 6.17. The van der Waals surface area contributed by atoms with Crippen molar-refractivity contribution in [2.24, 2.45) is 0 Å². The maximum Gasteiger partial charge on any atom is 0.270 e. The van der Waals surface area contributed by atoms with E-state index in [1.54, 1.807) is 0 Å². The molecule has 7 heteroatoms. The number of fused-ring (bicyclic) bond motifs is 1. The molecule has 1 fully saturated rings. The van der Waals surface area contributed by atoms with E-state index >= 15 is 0 Å². The number of benzene rings is 1. The molecule has 0 saturated carbocycles. The van der Waals surface area contributed by atoms with Crippen molar-refractivity contribution in [1.29, 1.82) is 0 Å². The lowest BCUT2D eigenvalue weighted by Gasteiger charge is -2.25. The molecule has 1 aromatic carbocycles. The Kier molecular flexibility index (Phi) is 4.58. The number of morpholine rings is 1. The monoisotopic (exact) mass is 339 g/mol. The van der Waals surface area contributed by atoms with Crippen molar-refractivity contribution in [1.82, 2.24) is 20.6 Å². The first kappa shape index (κ1) is 16.0. The van der Waals surface area contributed by atoms with Gasteiger partial charge in [-0.2, -0.15) is 0 Å². The molecule has 0 spiro atoms. The number of anilines is 1. The summed E-state index contributed by atoms with van der Waals surface area (Å²) in [6.07, 6.45) is 0.819. The number of nitrogens with zero attached hydrogens (tertiary/aromatic N) is 2. The molecule has 7 nitrogen and oxygen atoms in total. The van der Waals surface area contributed by atoms with Gasteiger partial charge in [0.1, 0.15) is 11.5 Å². The van der Waals surface area contributed by atoms with Gasteiger partial charge >= 0.3 is 0 Å². The van der Waals surface area contributed by atoms with E-state index in [4.69, 9.17) is 9.72 Å². The number of amides is 1. The van der Waals surface area contributed by atoms with Gasteiger partial charge in [0.25, 0.3) is 5.91 Å². The van der Waals surface area contributed by atoms with E-state index in [1.165, 1.54) is 0 Å². The zero-order valence-electron chi connectivity index (χ0n) is 13.9. The first-order valence-electron chi connectivity index (χ1n) is 8.62. The number of hydrogen-bond acceptors (Lipinski definition) is 6. The van der Waals surface area contributed by atoms with Crippen LogP contribution in [0.1, 0.15) is 16.1 Å². The first-order chi connectivity index (χ1) is 12.3. The summed E-state index contributed by atoms with van der Waals surface area (Å²) in [5.41, 5.74) is 2.24. The molecule has 25 heavy (non-hydrogen) atoms. The summed E-state index contributed by atoms with van der Waals surface area (Å²) in [6, 6.07) is 9.71. The summed E-state index contributed by atoms with van der Waals surface area (Å²) >= 11 is 0. The Morgan fingerprint density at radius 3 is 2.88 bits per heavy atom. The third-order valence-corrected chi connectivity index (χ3v) is 4.42. The molecule has 1 saturated heterocycles. The largest absolute Gasteiger partial charge is 0.374 e. The highest BCUT2D eigenvalue weighted by Gasteiger charge is 2.24. The molecular weight excluding hydrogens is 318 g/mol. The van der Waals surface area contributed by atoms with Gasteiger partial charge in [0.2, 0.25) is 0 Å². The van der Waals surface area contributed by atoms with E-state index in [-0.39, 0.29) is 12.0 Å². The molecule has 1 amide bonds. The molecule has 0 radical (unpaired) electrons. The van der Waals surface area contributed by atoms with Crippen molar-refractivity contribution in [3.63, 3.8) is 0 Å². The van der Waals surface area contributed by atoms with Gasteiger partial charge in [-0.05, 0) is 6.42 Å². The lowest BCUT2D eigenvalue weighted by Crippen LogP contribution is -2.42. The van der Waals surface area contributed by atoms with Crippen LogP contribution in [-0.4, -0.2) is 54.8 Å². The molecule has 130 valence electrons. The fourth-order valence-electron chi connectivity index (χ4n) is 3.12. The Morgan fingerprint density at radius 1 is 1.20 bits per heavy atom. The van der Waals surface area contributed by atoms with Crippen molar-refractivity contribution in [3.05, 3.63) is 41.6 Å². The lowest BCUT2D eigenvalue weighted by atomic mass is 10.1. The number of carbonyl (C=O) groups excluding carboxylic acids is 1. The Labute approximate surface area is 146 Å². The molecule has 0 aliphatic carbocycles. The first-order valence-corrected chi connectivity index (χ1v) is 8.62. The second-order valence-corrected chi connectivity index (χ2v) is 6.17. The van der Waals surface area contributed by atoms with Gasteiger partial charge in [-0.15, -0.1) is 0 Å². The number of carbonyl (C=O) groups is 1. The summed E-state index contributed by atoms with van der Waals surface area (Å²) in [7, 11) is 0. The Balaban J connectivity index is 1.66. The predicted octanol–water partition coefficient (Wildman–Crippen LogP) is 0.830. The minimum Gasteiger partial charge on any atom is -0.374 e. The standard InChI is InChI=1S/C18H21N5O2/c24-18-15-14(6-7-20-18)17(21-11-13-10-19-8-9-25-13)23-16(22-15)12-4-2-1-3-5-12/h1-5,13,19H,6-11H2,(H,20,24)(H,21,22,23). The summed E-state index contributed by atoms with van der Waals surface area (Å²) in [6.45, 7) is 3.66. The SMILES string of the molecule is O=C1NCCc2c(NCC3CNCCO3)nc(-c3ccccc3)nc21. The molecule has 2 aliphatic rings. The minimum atomic E-state index is -0.139. The third kappa shape index (κ3) is 3.47. The second kappa shape index (κ2) is 7.16. The van der Waals surface area contributed by atoms with Crippen LogP contribution in [0.25, 0.3) is 11.4 Å². The van der Waals surface area contributed by atoms with Crippen LogP contribution < -0.4 is 16.0 Å². The Morgan fingerprint density at radius 2 is 2.08 bits per heavy atom. The molecule has 1 atom stereocenters. The van der Waals surface area contributed by atoms with E-state index in [0.29, 0.717) is 31.2 Å². The number of hydrogen-bond donors (Lipinski definition) is 3. The van der Waals surface area contributed by atoms with Crippen LogP contribution >= 0.6 is 0 Å². The highest BCUT2D eigenvalue weighted by atomic mass is 16.5. The summed E-state index contributed by atoms with van der Waals surface area (Å²) < 4.78 is 5.73.